The van der Waals surface area contributed by atoms with Gasteiger partial charge in [-0.15, -0.1) is 0 Å². The number of allylic oxidation sites excluding steroid dienone is 2. The molecule has 0 unspecified atom stereocenters. The van der Waals surface area contributed by atoms with Crippen LogP contribution in [-0.2, 0) is 16.1 Å². The summed E-state index contributed by atoms with van der Waals surface area (Å²) in [6.45, 7) is 6.89. The summed E-state index contributed by atoms with van der Waals surface area (Å²) in [6, 6.07) is 4.81. The fraction of sp³-hybridized carbons (Fsp3) is 0.478. The Kier molecular flexibility index (Phi) is 12.2. The number of aryl methyl sites for hydroxylation is 1. The van der Waals surface area contributed by atoms with E-state index in [9.17, 15) is 13.6 Å². The Morgan fingerprint density at radius 2 is 2.00 bits per heavy atom. The zero-order valence-electron chi connectivity index (χ0n) is 19.2. The topological polar surface area (TPSA) is 109 Å². The highest BCUT2D eigenvalue weighted by atomic mass is 19.1. The van der Waals surface area contributed by atoms with Crippen molar-refractivity contribution in [3.63, 3.8) is 0 Å². The minimum Gasteiger partial charge on any atom is -0.400 e. The van der Waals surface area contributed by atoms with E-state index in [1.807, 2.05) is 13.8 Å². The standard InChI is InChI=1S/C23H34F2N4O3/c1-5-15(2)22(28-14-18-6-7-19(25)16(3)12-18)29-23(31)21(17(4)20(26)13-24)27-8-10-32-11-9-30/h6-7,12,28,30H,5,8-11,13-14,26H2,1-4H3,(H,29,31)/b20-17?,22-15-,27-21?. The summed E-state index contributed by atoms with van der Waals surface area (Å²) in [4.78, 5) is 17.3. The number of nitrogens with two attached hydrogens (primary N) is 1. The van der Waals surface area contributed by atoms with Crippen molar-refractivity contribution in [2.45, 2.75) is 40.7 Å². The van der Waals surface area contributed by atoms with Crippen LogP contribution in [0.1, 0.15) is 38.3 Å². The number of nitrogens with one attached hydrogen (secondary N) is 2. The normalized spacial score (nSPS) is 13.4. The van der Waals surface area contributed by atoms with Crippen LogP contribution < -0.4 is 16.4 Å². The minimum atomic E-state index is -0.905. The van der Waals surface area contributed by atoms with Gasteiger partial charge in [-0.3, -0.25) is 9.79 Å². The Bertz CT molecular complexity index is 867. The number of hydrogen-bond donors (Lipinski definition) is 4. The highest BCUT2D eigenvalue weighted by molar-refractivity contribution is 6.45. The summed E-state index contributed by atoms with van der Waals surface area (Å²) in [6.07, 6.45) is 0.675. The first-order valence-corrected chi connectivity index (χ1v) is 10.5. The van der Waals surface area contributed by atoms with Gasteiger partial charge in [0.2, 0.25) is 0 Å². The van der Waals surface area contributed by atoms with Crippen LogP contribution in [0.25, 0.3) is 0 Å². The molecule has 0 aliphatic carbocycles. The molecule has 0 radical (unpaired) electrons. The number of carbonyl (C=O) groups is 1. The minimum absolute atomic E-state index is 0.00794. The van der Waals surface area contributed by atoms with Crippen LogP contribution in [0.3, 0.4) is 0 Å². The number of hydrogen-bond acceptors (Lipinski definition) is 6. The first kappa shape index (κ1) is 27.3. The third-order valence-corrected chi connectivity index (χ3v) is 4.82. The van der Waals surface area contributed by atoms with E-state index in [1.165, 1.54) is 13.0 Å². The lowest BCUT2D eigenvalue weighted by Gasteiger charge is -2.17. The molecule has 0 saturated carbocycles. The monoisotopic (exact) mass is 452 g/mol. The van der Waals surface area contributed by atoms with E-state index >= 15 is 0 Å². The second-order valence-corrected chi connectivity index (χ2v) is 7.25. The van der Waals surface area contributed by atoms with Gasteiger partial charge in [0.15, 0.2) is 0 Å². The van der Waals surface area contributed by atoms with Gasteiger partial charge in [-0.1, -0.05) is 19.1 Å². The van der Waals surface area contributed by atoms with E-state index in [-0.39, 0.29) is 49.2 Å². The maximum atomic E-state index is 13.5. The number of rotatable bonds is 13. The van der Waals surface area contributed by atoms with E-state index in [1.54, 1.807) is 19.1 Å². The molecule has 0 aromatic heterocycles. The molecule has 1 aromatic carbocycles. The van der Waals surface area contributed by atoms with Crippen molar-refractivity contribution in [2.24, 2.45) is 10.7 Å². The van der Waals surface area contributed by atoms with E-state index in [0.29, 0.717) is 24.4 Å². The molecule has 0 spiro atoms. The molecule has 1 amide bonds. The summed E-state index contributed by atoms with van der Waals surface area (Å²) in [5.74, 6) is -0.318. The summed E-state index contributed by atoms with van der Waals surface area (Å²) in [7, 11) is 0. The van der Waals surface area contributed by atoms with E-state index in [2.05, 4.69) is 15.6 Å². The third-order valence-electron chi connectivity index (χ3n) is 4.82. The zero-order valence-corrected chi connectivity index (χ0v) is 19.2. The van der Waals surface area contributed by atoms with Crippen LogP contribution in [0.4, 0.5) is 8.78 Å². The molecule has 0 fully saturated rings. The maximum absolute atomic E-state index is 13.5. The number of ether oxygens (including phenoxy) is 1. The fourth-order valence-electron chi connectivity index (χ4n) is 2.66. The number of benzene rings is 1. The van der Waals surface area contributed by atoms with Crippen LogP contribution in [-0.4, -0.2) is 49.8 Å². The molecule has 0 atom stereocenters. The first-order chi connectivity index (χ1) is 15.2. The lowest BCUT2D eigenvalue weighted by Crippen LogP contribution is -2.38. The van der Waals surface area contributed by atoms with Gasteiger partial charge in [-0.05, 0) is 50.0 Å². The Labute approximate surface area is 188 Å². The lowest BCUT2D eigenvalue weighted by atomic mass is 10.1. The van der Waals surface area contributed by atoms with Crippen LogP contribution in [0.2, 0.25) is 0 Å². The Balaban J connectivity index is 3.04. The fourth-order valence-corrected chi connectivity index (χ4v) is 2.66. The molecule has 0 aliphatic heterocycles. The van der Waals surface area contributed by atoms with E-state index in [4.69, 9.17) is 15.6 Å². The number of nitrogens with zero attached hydrogens (tertiary/aromatic N) is 1. The van der Waals surface area contributed by atoms with Gasteiger partial charge >= 0.3 is 0 Å². The summed E-state index contributed by atoms with van der Waals surface area (Å²) in [5, 5.41) is 14.8. The molecule has 5 N–H and O–H groups in total. The van der Waals surface area contributed by atoms with Gasteiger partial charge in [-0.2, -0.15) is 0 Å². The van der Waals surface area contributed by atoms with Crippen molar-refractivity contribution in [3.8, 4) is 0 Å². The van der Waals surface area contributed by atoms with Crippen molar-refractivity contribution in [1.82, 2.24) is 10.6 Å². The number of alkyl halides is 1. The SMILES string of the molecule is CC/C(C)=C(/NCc1ccc(F)c(C)c1)NC(=O)C(=NCCOCCO)C(C)=C(N)CF. The van der Waals surface area contributed by atoms with Gasteiger partial charge < -0.3 is 26.2 Å². The highest BCUT2D eigenvalue weighted by Crippen LogP contribution is 2.11. The Morgan fingerprint density at radius 3 is 2.59 bits per heavy atom. The molecule has 0 saturated heterocycles. The molecule has 32 heavy (non-hydrogen) atoms. The van der Waals surface area contributed by atoms with Crippen molar-refractivity contribution in [3.05, 3.63) is 57.8 Å². The van der Waals surface area contributed by atoms with Crippen molar-refractivity contribution in [1.29, 1.82) is 0 Å². The number of halogens is 2. The zero-order chi connectivity index (χ0) is 24.1. The Hall–Kier alpha value is -2.78. The van der Waals surface area contributed by atoms with Gasteiger partial charge in [-0.25, -0.2) is 8.78 Å². The number of aliphatic hydroxyl groups excluding tert-OH is 1. The van der Waals surface area contributed by atoms with E-state index in [0.717, 1.165) is 11.1 Å². The first-order valence-electron chi connectivity index (χ1n) is 10.5. The van der Waals surface area contributed by atoms with Crippen molar-refractivity contribution < 1.29 is 23.4 Å². The average Bonchev–Trinajstić information content (AvgIpc) is 2.79. The summed E-state index contributed by atoms with van der Waals surface area (Å²) in [5.41, 5.74) is 8.16. The summed E-state index contributed by atoms with van der Waals surface area (Å²) < 4.78 is 31.8. The van der Waals surface area contributed by atoms with Gasteiger partial charge in [0.05, 0.1) is 26.4 Å². The quantitative estimate of drug-likeness (QED) is 0.272. The molecule has 0 bridgehead atoms. The maximum Gasteiger partial charge on any atom is 0.275 e. The van der Waals surface area contributed by atoms with Crippen LogP contribution in [0, 0.1) is 12.7 Å². The van der Waals surface area contributed by atoms with Crippen molar-refractivity contribution >= 4 is 11.6 Å². The van der Waals surface area contributed by atoms with Gasteiger partial charge in [0.25, 0.3) is 5.91 Å². The second-order valence-electron chi connectivity index (χ2n) is 7.25. The molecule has 7 nitrogen and oxygen atoms in total. The molecular weight excluding hydrogens is 418 g/mol. The largest absolute Gasteiger partial charge is 0.400 e. The molecule has 178 valence electrons. The predicted octanol–water partition coefficient (Wildman–Crippen LogP) is 2.63. The predicted molar refractivity (Wildman–Crippen MR) is 122 cm³/mol. The molecular formula is C23H34F2N4O3. The number of amides is 1. The number of aliphatic imine (C=N–C) groups is 1. The highest BCUT2D eigenvalue weighted by Gasteiger charge is 2.18. The summed E-state index contributed by atoms with van der Waals surface area (Å²) >= 11 is 0. The number of aliphatic hydroxyl groups is 1. The van der Waals surface area contributed by atoms with Crippen molar-refractivity contribution in [2.75, 3.05) is 33.0 Å². The van der Waals surface area contributed by atoms with Gasteiger partial charge in [0, 0.05) is 17.8 Å². The lowest BCUT2D eigenvalue weighted by molar-refractivity contribution is -0.114. The van der Waals surface area contributed by atoms with E-state index < -0.39 is 12.6 Å². The average molecular weight is 453 g/mol. The Morgan fingerprint density at radius 1 is 1.28 bits per heavy atom. The van der Waals surface area contributed by atoms with Gasteiger partial charge in [0.1, 0.15) is 24.0 Å². The van der Waals surface area contributed by atoms with Crippen LogP contribution in [0.15, 0.2) is 45.9 Å². The molecule has 0 heterocycles. The smallest absolute Gasteiger partial charge is 0.275 e. The molecule has 1 aromatic rings. The second kappa shape index (κ2) is 14.3. The molecule has 9 heteroatoms. The molecule has 0 aliphatic rings. The van der Waals surface area contributed by atoms with Crippen LogP contribution >= 0.6 is 0 Å². The third kappa shape index (κ3) is 8.76. The van der Waals surface area contributed by atoms with Crippen LogP contribution in [0.5, 0.6) is 0 Å². The molecule has 1 rings (SSSR count). The number of carbonyl (C=O) groups excluding carboxylic acids is 1.